The van der Waals surface area contributed by atoms with Crippen molar-refractivity contribution in [3.05, 3.63) is 28.3 Å². The van der Waals surface area contributed by atoms with Crippen LogP contribution in [0.3, 0.4) is 0 Å². The van der Waals surface area contributed by atoms with E-state index in [2.05, 4.69) is 5.32 Å². The molecule has 1 atom stereocenters. The minimum atomic E-state index is -2.68. The molecule has 2 fully saturated rings. The van der Waals surface area contributed by atoms with Gasteiger partial charge in [-0.2, -0.15) is 0 Å². The first-order valence-electron chi connectivity index (χ1n) is 8.20. The van der Waals surface area contributed by atoms with Gasteiger partial charge in [0.25, 0.3) is 5.92 Å². The van der Waals surface area contributed by atoms with Crippen LogP contribution in [-0.4, -0.2) is 43.0 Å². The lowest BCUT2D eigenvalue weighted by Crippen LogP contribution is -2.61. The number of hydrogen-bond acceptors (Lipinski definition) is 3. The first kappa shape index (κ1) is 15.7. The van der Waals surface area contributed by atoms with Crippen LogP contribution in [0.1, 0.15) is 32.1 Å². The zero-order chi connectivity index (χ0) is 15.6. The lowest BCUT2D eigenvalue weighted by molar-refractivity contribution is -0.425. The van der Waals surface area contributed by atoms with Crippen LogP contribution < -0.4 is 10.5 Å². The van der Waals surface area contributed by atoms with Gasteiger partial charge in [0.1, 0.15) is 0 Å². The van der Waals surface area contributed by atoms with Crippen LogP contribution in [0, 0.1) is 10.8 Å². The second kappa shape index (κ2) is 6.54. The van der Waals surface area contributed by atoms with Crippen molar-refractivity contribution in [2.24, 2.45) is 5.92 Å². The van der Waals surface area contributed by atoms with Gasteiger partial charge in [-0.25, -0.2) is 8.78 Å². The van der Waals surface area contributed by atoms with E-state index in [4.69, 9.17) is 0 Å². The normalized spacial score (nSPS) is 30.5. The minimum absolute atomic E-state index is 0.129. The van der Waals surface area contributed by atoms with E-state index in [0.717, 1.165) is 38.0 Å². The summed E-state index contributed by atoms with van der Waals surface area (Å²) in [6, 6.07) is 0.296. The van der Waals surface area contributed by atoms with E-state index >= 15 is 0 Å². The average molecular weight is 312 g/mol. The largest absolute Gasteiger partial charge is 0.317 e. The number of piperidine rings is 2. The highest BCUT2D eigenvalue weighted by Gasteiger charge is 2.47. The van der Waals surface area contributed by atoms with Gasteiger partial charge in [0.15, 0.2) is 0 Å². The zero-order valence-corrected chi connectivity index (χ0v) is 12.8. The summed E-state index contributed by atoms with van der Waals surface area (Å²) < 4.78 is 29.3. The van der Waals surface area contributed by atoms with E-state index < -0.39 is 11.8 Å². The predicted molar refractivity (Wildman–Crippen MR) is 80.2 cm³/mol. The van der Waals surface area contributed by atoms with Crippen molar-refractivity contribution in [3.63, 3.8) is 0 Å². The summed E-state index contributed by atoms with van der Waals surface area (Å²) in [6.45, 7) is 2.48. The third-order valence-corrected chi connectivity index (χ3v) is 5.21. The van der Waals surface area contributed by atoms with Crippen LogP contribution in [0.5, 0.6) is 0 Å². The molecule has 0 aromatic carbocycles. The molecule has 4 nitrogen and oxygen atoms in total. The molecule has 0 amide bonds. The summed E-state index contributed by atoms with van der Waals surface area (Å²) in [7, 11) is 0. The van der Waals surface area contributed by atoms with E-state index in [1.54, 1.807) is 12.2 Å². The Kier molecular flexibility index (Phi) is 4.68. The Bertz CT molecular complexity index is 484. The second-order valence-corrected chi connectivity index (χ2v) is 6.59. The number of nitrogens with zero attached hydrogens (tertiary/aromatic N) is 1. The molecule has 0 bridgehead atoms. The maximum atomic E-state index is 14.6. The van der Waals surface area contributed by atoms with E-state index in [0.29, 0.717) is 31.0 Å². The van der Waals surface area contributed by atoms with Crippen LogP contribution in [0.25, 0.3) is 0 Å². The summed E-state index contributed by atoms with van der Waals surface area (Å²) in [5.41, 5.74) is 1.38. The predicted octanol–water partition coefficient (Wildman–Crippen LogP) is 1.15. The van der Waals surface area contributed by atoms with Crippen molar-refractivity contribution >= 4 is 0 Å². The van der Waals surface area contributed by atoms with Gasteiger partial charge in [0.2, 0.25) is 5.70 Å². The summed E-state index contributed by atoms with van der Waals surface area (Å²) >= 11 is 0. The molecule has 3 rings (SSSR count). The standard InChI is InChI=1S/C16H23F2N3O/c17-16(18)11-21(14-5-8-19-9-6-14)10-7-15(16)12-1-3-13(20-22)4-2-12/h1,3,14-15,19H,2,4-11H2/p+1. The number of alkyl halides is 2. The lowest BCUT2D eigenvalue weighted by Gasteiger charge is -2.44. The van der Waals surface area contributed by atoms with Crippen molar-refractivity contribution < 1.29 is 14.0 Å². The van der Waals surface area contributed by atoms with Gasteiger partial charge in [0, 0.05) is 34.5 Å². The highest BCUT2D eigenvalue weighted by atomic mass is 19.3. The molecule has 2 N–H and O–H groups in total. The molecule has 2 heterocycles. The Morgan fingerprint density at radius 3 is 2.55 bits per heavy atom. The van der Waals surface area contributed by atoms with Gasteiger partial charge >= 0.3 is 0 Å². The van der Waals surface area contributed by atoms with Gasteiger partial charge in [-0.15, -0.1) is 0 Å². The summed E-state index contributed by atoms with van der Waals surface area (Å²) in [5, 5.41) is 5.15. The lowest BCUT2D eigenvalue weighted by atomic mass is 9.81. The quantitative estimate of drug-likeness (QED) is 0.822. The Balaban J connectivity index is 1.67. The van der Waals surface area contributed by atoms with E-state index in [-0.39, 0.29) is 6.54 Å². The van der Waals surface area contributed by atoms with Crippen molar-refractivity contribution in [3.8, 4) is 0 Å². The van der Waals surface area contributed by atoms with Crippen LogP contribution >= 0.6 is 0 Å². The molecule has 2 aliphatic heterocycles. The minimum Gasteiger partial charge on any atom is -0.317 e. The molecule has 0 radical (unpaired) electrons. The molecular weight excluding hydrogens is 288 g/mol. The Morgan fingerprint density at radius 1 is 1.18 bits per heavy atom. The van der Waals surface area contributed by atoms with Crippen LogP contribution in [0.15, 0.2) is 23.4 Å². The molecule has 0 aromatic heterocycles. The number of likely N-dealkylation sites (tertiary alicyclic amines) is 1. The molecule has 2 saturated heterocycles. The first-order valence-corrected chi connectivity index (χ1v) is 8.20. The molecule has 0 saturated carbocycles. The van der Waals surface area contributed by atoms with Crippen molar-refractivity contribution in [1.29, 1.82) is 0 Å². The molecule has 122 valence electrons. The monoisotopic (exact) mass is 312 g/mol. The third-order valence-electron chi connectivity index (χ3n) is 5.21. The smallest absolute Gasteiger partial charge is 0.267 e. The fraction of sp³-hybridized carbons (Fsp3) is 0.750. The maximum Gasteiger partial charge on any atom is 0.267 e. The van der Waals surface area contributed by atoms with Gasteiger partial charge < -0.3 is 5.32 Å². The molecule has 0 aromatic rings. The Morgan fingerprint density at radius 2 is 1.95 bits per heavy atom. The highest BCUT2D eigenvalue weighted by molar-refractivity contribution is 5.24. The van der Waals surface area contributed by atoms with Crippen LogP contribution in [0.4, 0.5) is 8.78 Å². The molecular formula is C16H24F2N3O+. The molecule has 1 aliphatic carbocycles. The number of rotatable bonds is 3. The van der Waals surface area contributed by atoms with Gasteiger partial charge in [-0.05, 0) is 45.3 Å². The summed E-state index contributed by atoms with van der Waals surface area (Å²) in [6.07, 6.45) is 6.92. The van der Waals surface area contributed by atoms with Gasteiger partial charge in [-0.3, -0.25) is 4.90 Å². The van der Waals surface area contributed by atoms with Gasteiger partial charge in [0.05, 0.1) is 6.54 Å². The van der Waals surface area contributed by atoms with Crippen molar-refractivity contribution in [1.82, 2.24) is 10.2 Å². The summed E-state index contributed by atoms with van der Waals surface area (Å²) in [5.74, 6) is -3.35. The van der Waals surface area contributed by atoms with Crippen molar-refractivity contribution in [2.75, 3.05) is 26.2 Å². The zero-order valence-electron chi connectivity index (χ0n) is 12.8. The van der Waals surface area contributed by atoms with Gasteiger partial charge in [-0.1, -0.05) is 11.6 Å². The Labute approximate surface area is 129 Å². The van der Waals surface area contributed by atoms with E-state index in [1.807, 2.05) is 10.1 Å². The molecule has 3 aliphatic rings. The SMILES string of the molecule is O=[NH+]C1=CC=C(C2CCN(C3CCNCC3)CC2(F)F)CC1. The Hall–Kier alpha value is -1.14. The van der Waals surface area contributed by atoms with Crippen LogP contribution in [0.2, 0.25) is 0 Å². The average Bonchev–Trinajstić information content (AvgIpc) is 2.55. The number of nitroso groups, excluding NO2 is 1. The topological polar surface area (TPSA) is 46.3 Å². The summed E-state index contributed by atoms with van der Waals surface area (Å²) in [4.78, 5) is 12.6. The highest BCUT2D eigenvalue weighted by Crippen LogP contribution is 2.41. The fourth-order valence-electron chi connectivity index (χ4n) is 3.94. The molecule has 6 heteroatoms. The third kappa shape index (κ3) is 3.27. The first-order chi connectivity index (χ1) is 10.6. The molecule has 22 heavy (non-hydrogen) atoms. The number of hydrogen-bond donors (Lipinski definition) is 2. The maximum absolute atomic E-state index is 14.6. The molecule has 1 unspecified atom stereocenters. The van der Waals surface area contributed by atoms with E-state index in [1.165, 1.54) is 0 Å². The van der Waals surface area contributed by atoms with Crippen LogP contribution in [-0.2, 0) is 0 Å². The van der Waals surface area contributed by atoms with Crippen molar-refractivity contribution in [2.45, 2.75) is 44.1 Å². The number of nitrogens with one attached hydrogen (secondary N) is 2. The fourth-order valence-corrected chi connectivity index (χ4v) is 3.94. The number of allylic oxidation sites excluding steroid dienone is 4. The molecule has 0 spiro atoms. The number of halogens is 2. The van der Waals surface area contributed by atoms with E-state index in [9.17, 15) is 13.7 Å². The second-order valence-electron chi connectivity index (χ2n) is 6.59.